The number of nitrogens with zero attached hydrogens (tertiary/aromatic N) is 10. The van der Waals surface area contributed by atoms with Gasteiger partial charge in [-0.3, -0.25) is 19.4 Å². The number of morpholine rings is 1. The average molecular weight is 1780 g/mol. The molecule has 6 aliphatic rings. The quantitative estimate of drug-likeness (QED) is 0.0251. The molecule has 3 aromatic heterocycles. The molecule has 15 rings (SSSR count). The normalized spacial score (nSPS) is 16.3. The molecule has 30 nitrogen and oxygen atoms in total. The van der Waals surface area contributed by atoms with Crippen LogP contribution in [0.25, 0.3) is 0 Å². The highest BCUT2D eigenvalue weighted by Gasteiger charge is 2.39. The third kappa shape index (κ3) is 20.3. The number of hydrogen-bond donors (Lipinski definition) is 7. The Balaban J connectivity index is 0.000000158. The van der Waals surface area contributed by atoms with Crippen LogP contribution in [0.5, 0.6) is 17.2 Å². The molecule has 9 aromatic rings. The number of carbonyl (C=O) groups is 3. The van der Waals surface area contributed by atoms with Gasteiger partial charge < -0.3 is 66.0 Å². The molecule has 0 spiro atoms. The third-order valence-electron chi connectivity index (χ3n) is 21.1. The van der Waals surface area contributed by atoms with Crippen LogP contribution < -0.4 is 51.4 Å². The molecule has 5 aliphatic heterocycles. The van der Waals surface area contributed by atoms with Crippen LogP contribution in [0, 0.1) is 0 Å². The first kappa shape index (κ1) is 89.5. The van der Waals surface area contributed by atoms with Crippen molar-refractivity contribution in [2.45, 2.75) is 202 Å². The molecule has 3 amide bonds. The number of anilines is 12. The van der Waals surface area contributed by atoms with E-state index in [9.17, 15) is 39.6 Å². The summed E-state index contributed by atoms with van der Waals surface area (Å²) in [5, 5.41) is 24.7. The number of hydrogen-bond acceptors (Lipinski definition) is 27. The number of aromatic nitrogens is 6. The van der Waals surface area contributed by atoms with E-state index in [1.54, 1.807) is 131 Å². The largest absolute Gasteiger partial charge is 0.489 e. The zero-order valence-electron chi connectivity index (χ0n) is 70.0. The molecule has 6 aromatic carbocycles. The summed E-state index contributed by atoms with van der Waals surface area (Å²) in [5.74, 6) is 2.95. The summed E-state index contributed by atoms with van der Waals surface area (Å²) in [6, 6.07) is 31.3. The van der Waals surface area contributed by atoms with Crippen LogP contribution in [-0.2, 0) is 53.9 Å². The van der Waals surface area contributed by atoms with E-state index in [2.05, 4.69) is 67.1 Å². The fraction of sp³-hybridized carbons (Fsp3) is 0.407. The van der Waals surface area contributed by atoms with E-state index in [1.165, 1.54) is 25.0 Å². The molecular formula is C86H102Cl3N17O13S3. The minimum absolute atomic E-state index is 0.00908. The van der Waals surface area contributed by atoms with Crippen LogP contribution in [0.15, 0.2) is 142 Å². The summed E-state index contributed by atoms with van der Waals surface area (Å²) < 4.78 is 101. The van der Waals surface area contributed by atoms with Crippen LogP contribution in [0.2, 0.25) is 15.1 Å². The molecule has 7 N–H and O–H groups in total. The SMILES string of the molecule is CC(C)Oc1cc2c(cc1Nc1ncc(Cl)c(Nc3ccccc3S(=O)(=O)C(C)C)n1)C(=O)N(C1CCCCC1)C2.CC(C)Oc1cc2c(cc1Nc1ncc(Cl)c(Nc3ccccc3S(=O)(=O)C(C)C)n1)C(=O)N(N1CCOCC1)C2.CC(C)Oc1cc2c(cc1Nc1ncc(Cl)c(Nc3ccccc3S(=O)(=O)C(C)C)n1)C(=O)N([C@H]1CCNC1)C2. The Hall–Kier alpha value is -10.2. The summed E-state index contributed by atoms with van der Waals surface area (Å²) in [6.07, 6.45) is 10.5. The molecule has 36 heteroatoms. The predicted molar refractivity (Wildman–Crippen MR) is 474 cm³/mol. The number of amides is 3. The minimum Gasteiger partial charge on any atom is -0.489 e. The smallest absolute Gasteiger partial charge is 0.268 e. The Kier molecular flexibility index (Phi) is 28.1. The first-order valence-electron chi connectivity index (χ1n) is 40.8. The molecule has 1 aliphatic carbocycles. The number of hydrazine groups is 1. The monoisotopic (exact) mass is 1780 g/mol. The molecule has 648 valence electrons. The van der Waals surface area contributed by atoms with Crippen molar-refractivity contribution >= 4 is 151 Å². The highest BCUT2D eigenvalue weighted by molar-refractivity contribution is 7.92. The van der Waals surface area contributed by atoms with Crippen LogP contribution in [0.1, 0.15) is 169 Å². The highest BCUT2D eigenvalue weighted by Crippen LogP contribution is 2.43. The van der Waals surface area contributed by atoms with Gasteiger partial charge in [0, 0.05) is 61.5 Å². The fourth-order valence-electron chi connectivity index (χ4n) is 14.8. The van der Waals surface area contributed by atoms with Gasteiger partial charge in [-0.25, -0.2) is 45.2 Å². The lowest BCUT2D eigenvalue weighted by Gasteiger charge is -2.34. The molecule has 1 atom stereocenters. The zero-order valence-corrected chi connectivity index (χ0v) is 74.7. The lowest BCUT2D eigenvalue weighted by molar-refractivity contribution is -0.0700. The van der Waals surface area contributed by atoms with Gasteiger partial charge in [-0.2, -0.15) is 15.0 Å². The first-order chi connectivity index (χ1) is 58.1. The highest BCUT2D eigenvalue weighted by atomic mass is 35.5. The maximum absolute atomic E-state index is 13.4. The number of benzene rings is 6. The third-order valence-corrected chi connectivity index (χ3v) is 28.6. The van der Waals surface area contributed by atoms with Gasteiger partial charge in [0.1, 0.15) is 32.3 Å². The predicted octanol–water partition coefficient (Wildman–Crippen LogP) is 16.6. The van der Waals surface area contributed by atoms with Gasteiger partial charge in [-0.1, -0.05) is 90.5 Å². The van der Waals surface area contributed by atoms with Crippen LogP contribution >= 0.6 is 34.8 Å². The van der Waals surface area contributed by atoms with Gasteiger partial charge >= 0.3 is 0 Å². The van der Waals surface area contributed by atoms with Crippen molar-refractivity contribution in [2.75, 3.05) is 71.3 Å². The number of nitrogens with one attached hydrogen (secondary N) is 7. The van der Waals surface area contributed by atoms with Crippen molar-refractivity contribution in [1.29, 1.82) is 0 Å². The lowest BCUT2D eigenvalue weighted by Crippen LogP contribution is -2.48. The van der Waals surface area contributed by atoms with E-state index in [1.807, 2.05) is 80.6 Å². The molecule has 1 saturated carbocycles. The second-order valence-electron chi connectivity index (χ2n) is 31.9. The summed E-state index contributed by atoms with van der Waals surface area (Å²) in [5.41, 5.74) is 7.26. The van der Waals surface area contributed by atoms with E-state index in [-0.39, 0.29) is 113 Å². The lowest BCUT2D eigenvalue weighted by atomic mass is 9.94. The number of para-hydroxylation sites is 3. The number of halogens is 3. The zero-order chi connectivity index (χ0) is 87.2. The van der Waals surface area contributed by atoms with Crippen molar-refractivity contribution in [3.63, 3.8) is 0 Å². The topological polar surface area (TPSA) is 365 Å². The number of fused-ring (bicyclic) bond motifs is 3. The summed E-state index contributed by atoms with van der Waals surface area (Å²) in [7, 11) is -10.7. The summed E-state index contributed by atoms with van der Waals surface area (Å²) in [4.78, 5) is 71.0. The number of ether oxygens (including phenoxy) is 4. The molecule has 122 heavy (non-hydrogen) atoms. The van der Waals surface area contributed by atoms with Gasteiger partial charge in [0.25, 0.3) is 17.7 Å². The van der Waals surface area contributed by atoms with Gasteiger partial charge in [-0.05, 0) is 198 Å². The Morgan fingerprint density at radius 1 is 0.426 bits per heavy atom. The standard InChI is InChI=1S/C30H36ClN5O4S.C28H33ClN6O5S.C28H33ClN6O4S/c1-18(2)40-26-14-20-17-36(21-10-6-5-7-11-21)29(37)22(20)15-25(26)34-30-32-16-23(31)28(35-30)33-24-12-8-9-13-27(24)41(38,39)19(3)4;1-17(2)40-24-13-19-16-35(34-9-11-39-12-10-34)27(36)20(19)14-23(24)32-28-30-15-21(29)26(33-28)31-22-7-5-6-8-25(22)41(37,38)18(3)4;1-16(2)39-24-11-18-15-35(19-9-10-30-13-19)27(36)20(18)12-23(24)33-28-31-14-21(29)26(34-28)32-22-7-5-6-8-25(22)40(37,38)17(3)4/h8-9,12-16,18-19,21H,5-7,10-11,17H2,1-4H3,(H2,32,33,34,35);5-8,13-15,17-18H,9-12,16H2,1-4H3,(H2,30,31,32,33);5-8,11-12,14,16-17,19,30H,9-10,13,15H2,1-4H3,(H2,31,32,33,34)/t;;19-/m..0/s1. The van der Waals surface area contributed by atoms with Crippen molar-refractivity contribution < 1.29 is 58.6 Å². The second-order valence-corrected chi connectivity index (χ2v) is 40.6. The molecular weight excluding hydrogens is 1680 g/mol. The second kappa shape index (κ2) is 38.3. The number of carbonyl (C=O) groups excluding carboxylic acids is 3. The summed E-state index contributed by atoms with van der Waals surface area (Å²) in [6.45, 7) is 27.1. The summed E-state index contributed by atoms with van der Waals surface area (Å²) >= 11 is 19.2. The number of sulfone groups is 3. The molecule has 0 bridgehead atoms. The molecule has 0 unspecified atom stereocenters. The van der Waals surface area contributed by atoms with Crippen LogP contribution in [0.3, 0.4) is 0 Å². The van der Waals surface area contributed by atoms with Crippen molar-refractivity contribution in [2.24, 2.45) is 0 Å². The van der Waals surface area contributed by atoms with Gasteiger partial charge in [-0.15, -0.1) is 0 Å². The van der Waals surface area contributed by atoms with E-state index in [4.69, 9.17) is 53.8 Å². The fourth-order valence-corrected chi connectivity index (χ4v) is 18.8. The van der Waals surface area contributed by atoms with Crippen LogP contribution in [-0.4, -0.2) is 178 Å². The Morgan fingerprint density at radius 2 is 0.770 bits per heavy atom. The Bertz CT molecular complexity index is 5520. The van der Waals surface area contributed by atoms with E-state index < -0.39 is 45.3 Å². The average Bonchev–Trinajstić information content (AvgIpc) is 1.62. The number of rotatable bonds is 27. The molecule has 3 fully saturated rings. The van der Waals surface area contributed by atoms with E-state index >= 15 is 0 Å². The Morgan fingerprint density at radius 3 is 1.11 bits per heavy atom. The molecule has 2 saturated heterocycles. The van der Waals surface area contributed by atoms with Crippen molar-refractivity contribution in [3.05, 3.63) is 176 Å². The minimum atomic E-state index is -3.57. The van der Waals surface area contributed by atoms with Gasteiger partial charge in [0.15, 0.2) is 47.0 Å². The Labute approximate surface area is 727 Å². The van der Waals surface area contributed by atoms with Crippen molar-refractivity contribution in [3.8, 4) is 17.2 Å². The van der Waals surface area contributed by atoms with E-state index in [0.717, 1.165) is 61.9 Å². The van der Waals surface area contributed by atoms with Gasteiger partial charge in [0.2, 0.25) is 17.8 Å². The van der Waals surface area contributed by atoms with Gasteiger partial charge in [0.05, 0.1) is 121 Å². The molecule has 0 radical (unpaired) electrons. The molecule has 8 heterocycles. The van der Waals surface area contributed by atoms with Crippen molar-refractivity contribution in [1.82, 2.24) is 55.0 Å². The first-order valence-corrected chi connectivity index (χ1v) is 46.6. The maximum Gasteiger partial charge on any atom is 0.268 e. The maximum atomic E-state index is 13.4. The van der Waals surface area contributed by atoms with Crippen LogP contribution in [0.4, 0.5) is 69.4 Å². The van der Waals surface area contributed by atoms with E-state index in [0.29, 0.717) is 114 Å².